The molecule has 3 aromatic carbocycles. The Balaban J connectivity index is 1.64. The number of aryl methyl sites for hydroxylation is 2. The first kappa shape index (κ1) is 26.1. The molecule has 0 bridgehead atoms. The van der Waals surface area contributed by atoms with Gasteiger partial charge in [-0.05, 0) is 62.2 Å². The Labute approximate surface area is 227 Å². The number of aromatic nitrogens is 4. The number of para-hydroxylation sites is 2. The fourth-order valence-electron chi connectivity index (χ4n) is 5.09. The Bertz CT molecular complexity index is 1540. The molecule has 7 nitrogen and oxygen atoms in total. The third-order valence-corrected chi connectivity index (χ3v) is 7.07. The highest BCUT2D eigenvalue weighted by Gasteiger charge is 2.30. The van der Waals surface area contributed by atoms with Crippen LogP contribution in [0.3, 0.4) is 0 Å². The van der Waals surface area contributed by atoms with E-state index in [-0.39, 0.29) is 11.1 Å². The lowest BCUT2D eigenvalue weighted by Crippen LogP contribution is -2.25. The Morgan fingerprint density at radius 3 is 1.64 bits per heavy atom. The van der Waals surface area contributed by atoms with Crippen LogP contribution in [-0.4, -0.2) is 26.2 Å². The van der Waals surface area contributed by atoms with Crippen LogP contribution in [0.5, 0.6) is 5.75 Å². The van der Waals surface area contributed by atoms with E-state index in [0.717, 1.165) is 42.0 Å². The van der Waals surface area contributed by atoms with Crippen molar-refractivity contribution >= 4 is 0 Å². The van der Waals surface area contributed by atoms with Crippen LogP contribution >= 0.6 is 0 Å². The van der Waals surface area contributed by atoms with Crippen LogP contribution in [0, 0.1) is 13.8 Å². The molecule has 0 aliphatic rings. The van der Waals surface area contributed by atoms with Crippen LogP contribution in [0.2, 0.25) is 0 Å². The number of unbranched alkanes of at least 4 members (excludes halogenated alkanes) is 2. The fourth-order valence-corrected chi connectivity index (χ4v) is 5.09. The van der Waals surface area contributed by atoms with E-state index in [4.69, 9.17) is 4.74 Å². The number of nitrogens with one attached hydrogen (secondary N) is 2. The Morgan fingerprint density at radius 2 is 1.18 bits per heavy atom. The standard InChI is InChI=1S/C32H34N4O3/c1-4-5-12-21-39-27-19-17-24(18-20-27)30(28-22(2)33-35(31(28)37)25-13-8-6-9-14-25)29-23(3)34-36(32(29)38)26-15-10-7-11-16-26/h6-11,13-20,30,33-34H,4-5,12,21H2,1-3H3. The van der Waals surface area contributed by atoms with Gasteiger partial charge in [-0.2, -0.15) is 0 Å². The lowest BCUT2D eigenvalue weighted by molar-refractivity contribution is 0.306. The number of rotatable bonds is 10. The molecule has 39 heavy (non-hydrogen) atoms. The first-order valence-corrected chi connectivity index (χ1v) is 13.5. The van der Waals surface area contributed by atoms with Crippen molar-refractivity contribution in [3.63, 3.8) is 0 Å². The number of aromatic amines is 2. The molecule has 2 heterocycles. The molecule has 7 heteroatoms. The van der Waals surface area contributed by atoms with Gasteiger partial charge in [0.05, 0.1) is 29.1 Å². The van der Waals surface area contributed by atoms with Crippen molar-refractivity contribution in [3.8, 4) is 17.1 Å². The molecule has 2 aromatic heterocycles. The van der Waals surface area contributed by atoms with Crippen molar-refractivity contribution in [1.82, 2.24) is 19.6 Å². The van der Waals surface area contributed by atoms with E-state index < -0.39 is 5.92 Å². The third kappa shape index (κ3) is 5.25. The molecule has 5 aromatic rings. The molecule has 0 saturated heterocycles. The number of H-pyrrole nitrogens is 2. The molecule has 2 N–H and O–H groups in total. The monoisotopic (exact) mass is 522 g/mol. The van der Waals surface area contributed by atoms with E-state index in [1.807, 2.05) is 98.8 Å². The van der Waals surface area contributed by atoms with Gasteiger partial charge in [0.25, 0.3) is 11.1 Å². The average Bonchev–Trinajstić information content (AvgIpc) is 3.43. The largest absolute Gasteiger partial charge is 0.494 e. The normalized spacial score (nSPS) is 11.3. The number of nitrogens with zero attached hydrogens (tertiary/aromatic N) is 2. The smallest absolute Gasteiger partial charge is 0.275 e. The van der Waals surface area contributed by atoms with E-state index >= 15 is 0 Å². The minimum absolute atomic E-state index is 0.185. The molecule has 0 amide bonds. The highest BCUT2D eigenvalue weighted by atomic mass is 16.5. The zero-order valence-corrected chi connectivity index (χ0v) is 22.6. The average molecular weight is 523 g/mol. The SMILES string of the molecule is CCCCCOc1ccc(C(c2c(C)[nH]n(-c3ccccc3)c2=O)c2c(C)[nH]n(-c3ccccc3)c2=O)cc1. The molecule has 5 rings (SSSR count). The first-order chi connectivity index (χ1) is 19.0. The minimum atomic E-state index is -0.582. The lowest BCUT2D eigenvalue weighted by Gasteiger charge is -2.16. The maximum absolute atomic E-state index is 13.9. The van der Waals surface area contributed by atoms with Gasteiger partial charge in [-0.15, -0.1) is 0 Å². The summed E-state index contributed by atoms with van der Waals surface area (Å²) in [6.45, 7) is 6.59. The van der Waals surface area contributed by atoms with Gasteiger partial charge in [-0.25, -0.2) is 9.36 Å². The van der Waals surface area contributed by atoms with E-state index in [2.05, 4.69) is 17.1 Å². The van der Waals surface area contributed by atoms with Crippen molar-refractivity contribution in [2.75, 3.05) is 6.61 Å². The zero-order chi connectivity index (χ0) is 27.4. The van der Waals surface area contributed by atoms with Gasteiger partial charge in [0, 0.05) is 17.3 Å². The van der Waals surface area contributed by atoms with Crippen LogP contribution in [0.25, 0.3) is 11.4 Å². The molecule has 0 unspecified atom stereocenters. The highest BCUT2D eigenvalue weighted by Crippen LogP contribution is 2.33. The van der Waals surface area contributed by atoms with Crippen molar-refractivity contribution in [3.05, 3.63) is 134 Å². The fraction of sp³-hybridized carbons (Fsp3) is 0.250. The van der Waals surface area contributed by atoms with Crippen LogP contribution in [-0.2, 0) is 0 Å². The van der Waals surface area contributed by atoms with Crippen molar-refractivity contribution < 1.29 is 4.74 Å². The Kier molecular flexibility index (Phi) is 7.68. The molecule has 0 spiro atoms. The van der Waals surface area contributed by atoms with Crippen LogP contribution < -0.4 is 15.9 Å². The molecule has 0 atom stereocenters. The summed E-state index contributed by atoms with van der Waals surface area (Å²) >= 11 is 0. The third-order valence-electron chi connectivity index (χ3n) is 7.07. The minimum Gasteiger partial charge on any atom is -0.494 e. The Morgan fingerprint density at radius 1 is 0.692 bits per heavy atom. The Hall–Kier alpha value is -4.52. The predicted molar refractivity (Wildman–Crippen MR) is 155 cm³/mol. The van der Waals surface area contributed by atoms with Gasteiger partial charge in [0.15, 0.2) is 0 Å². The summed E-state index contributed by atoms with van der Waals surface area (Å²) in [5, 5.41) is 6.48. The summed E-state index contributed by atoms with van der Waals surface area (Å²) in [6.07, 6.45) is 3.27. The zero-order valence-electron chi connectivity index (χ0n) is 22.6. The maximum Gasteiger partial charge on any atom is 0.275 e. The topological polar surface area (TPSA) is 84.8 Å². The van der Waals surface area contributed by atoms with E-state index in [9.17, 15) is 9.59 Å². The summed E-state index contributed by atoms with van der Waals surface area (Å²) in [4.78, 5) is 27.9. The van der Waals surface area contributed by atoms with Crippen LogP contribution in [0.4, 0.5) is 0 Å². The molecule has 200 valence electrons. The van der Waals surface area contributed by atoms with E-state index in [1.165, 1.54) is 0 Å². The van der Waals surface area contributed by atoms with Crippen molar-refractivity contribution in [2.24, 2.45) is 0 Å². The van der Waals surface area contributed by atoms with Gasteiger partial charge < -0.3 is 4.74 Å². The van der Waals surface area contributed by atoms with Crippen LogP contribution in [0.1, 0.15) is 60.2 Å². The van der Waals surface area contributed by atoms with Gasteiger partial charge in [0.2, 0.25) is 0 Å². The molecular weight excluding hydrogens is 488 g/mol. The summed E-state index contributed by atoms with van der Waals surface area (Å²) in [5.74, 6) is 0.190. The highest BCUT2D eigenvalue weighted by molar-refractivity contribution is 5.48. The number of hydrogen-bond acceptors (Lipinski definition) is 3. The number of hydrogen-bond donors (Lipinski definition) is 2. The number of benzene rings is 3. The van der Waals surface area contributed by atoms with Gasteiger partial charge in [0.1, 0.15) is 5.75 Å². The first-order valence-electron chi connectivity index (χ1n) is 13.5. The summed E-state index contributed by atoms with van der Waals surface area (Å²) in [7, 11) is 0. The molecule has 0 aliphatic heterocycles. The van der Waals surface area contributed by atoms with Crippen LogP contribution in [0.15, 0.2) is 94.5 Å². The van der Waals surface area contributed by atoms with Gasteiger partial charge >= 0.3 is 0 Å². The summed E-state index contributed by atoms with van der Waals surface area (Å²) < 4.78 is 9.01. The van der Waals surface area contributed by atoms with Crippen molar-refractivity contribution in [1.29, 1.82) is 0 Å². The second-order valence-electron chi connectivity index (χ2n) is 9.81. The summed E-state index contributed by atoms with van der Waals surface area (Å²) in [6, 6.07) is 26.7. The predicted octanol–water partition coefficient (Wildman–Crippen LogP) is 6.01. The lowest BCUT2D eigenvalue weighted by atomic mass is 9.85. The molecular formula is C32H34N4O3. The molecule has 0 radical (unpaired) electrons. The maximum atomic E-state index is 13.9. The van der Waals surface area contributed by atoms with Gasteiger partial charge in [-0.1, -0.05) is 68.3 Å². The van der Waals surface area contributed by atoms with Gasteiger partial charge in [-0.3, -0.25) is 19.8 Å². The van der Waals surface area contributed by atoms with Crippen molar-refractivity contribution in [2.45, 2.75) is 46.0 Å². The molecule has 0 aliphatic carbocycles. The quantitative estimate of drug-likeness (QED) is 0.220. The molecule has 0 saturated carbocycles. The van der Waals surface area contributed by atoms with E-state index in [1.54, 1.807) is 9.36 Å². The second-order valence-corrected chi connectivity index (χ2v) is 9.81. The molecule has 0 fully saturated rings. The number of ether oxygens (including phenoxy) is 1. The van der Waals surface area contributed by atoms with E-state index in [0.29, 0.717) is 29.1 Å². The summed E-state index contributed by atoms with van der Waals surface area (Å²) in [5.41, 5.74) is 4.43. The second kappa shape index (κ2) is 11.5.